The predicted octanol–water partition coefficient (Wildman–Crippen LogP) is 5.38. The molecule has 0 amide bonds. The number of fused-ring (bicyclic) bond motifs is 2. The third-order valence-electron chi connectivity index (χ3n) is 11.4. The summed E-state index contributed by atoms with van der Waals surface area (Å²) in [5, 5.41) is 3.57. The van der Waals surface area contributed by atoms with E-state index < -0.39 is 0 Å². The smallest absolute Gasteiger partial charge is 0.162 e. The van der Waals surface area contributed by atoms with Gasteiger partial charge in [0.15, 0.2) is 5.78 Å². The first-order chi connectivity index (χ1) is 12.6. The van der Waals surface area contributed by atoms with E-state index in [0.717, 1.165) is 11.8 Å². The Morgan fingerprint density at radius 3 is 2.41 bits per heavy atom. The van der Waals surface area contributed by atoms with Crippen molar-refractivity contribution < 1.29 is 4.79 Å². The first-order valence-electron chi connectivity index (χ1n) is 11.5. The van der Waals surface area contributed by atoms with Gasteiger partial charge in [0, 0.05) is 11.5 Å². The van der Waals surface area contributed by atoms with Crippen LogP contribution in [0.1, 0.15) is 79.6 Å². The lowest BCUT2D eigenvalue weighted by Gasteiger charge is -2.61. The monoisotopic (exact) mass is 369 g/mol. The van der Waals surface area contributed by atoms with Crippen LogP contribution in [0.4, 0.5) is 0 Å². The zero-order chi connectivity index (χ0) is 19.5. The molecule has 8 atom stereocenters. The summed E-state index contributed by atoms with van der Waals surface area (Å²) in [5.41, 5.74) is 1.32. The van der Waals surface area contributed by atoms with Gasteiger partial charge in [-0.1, -0.05) is 33.8 Å². The summed E-state index contributed by atoms with van der Waals surface area (Å²) >= 11 is 0. The van der Waals surface area contributed by atoms with Crippen molar-refractivity contribution in [2.45, 2.75) is 85.6 Å². The molecular formula is C25H39NO. The van der Waals surface area contributed by atoms with Crippen LogP contribution in [0.15, 0.2) is 12.2 Å². The van der Waals surface area contributed by atoms with Gasteiger partial charge in [-0.15, -0.1) is 0 Å². The molecule has 5 aliphatic carbocycles. The Balaban J connectivity index is 1.57. The molecule has 1 N–H and O–H groups in total. The molecule has 0 aromatic carbocycles. The number of allylic oxidation sites excluding steroid dienone is 2. The number of carbonyl (C=O) groups excluding carboxylic acids is 1. The maximum absolute atomic E-state index is 13.3. The number of carbonyl (C=O) groups is 1. The number of rotatable bonds is 2. The molecule has 2 nitrogen and oxygen atoms in total. The molecule has 0 heterocycles. The standard InChI is InChI=1S/C25H39NO/c1-16(26-6)17-9-12-23(5)19-8-7-18-21(2,3)11-10-20(27)25(18)15-24(19,25)14-13-22(17,23)4/h10-11,16-19,26H,7-9,12-15H2,1-6H3. The SMILES string of the molecule is CNC(C)C1CCC2(C)C3CCC4C(C)(C)C=CC(=O)C45CC35CCC12C. The maximum Gasteiger partial charge on any atom is 0.162 e. The van der Waals surface area contributed by atoms with Crippen LogP contribution in [0.3, 0.4) is 0 Å². The van der Waals surface area contributed by atoms with Crippen molar-refractivity contribution >= 4 is 5.78 Å². The number of hydrogen-bond acceptors (Lipinski definition) is 2. The quantitative estimate of drug-likeness (QED) is 0.708. The van der Waals surface area contributed by atoms with E-state index in [0.29, 0.717) is 34.0 Å². The molecule has 0 aliphatic heterocycles. The highest BCUT2D eigenvalue weighted by molar-refractivity contribution is 6.00. The minimum atomic E-state index is -0.00871. The summed E-state index contributed by atoms with van der Waals surface area (Å²) in [6.07, 6.45) is 13.3. The molecule has 4 saturated carbocycles. The van der Waals surface area contributed by atoms with Crippen LogP contribution in [0.5, 0.6) is 0 Å². The zero-order valence-corrected chi connectivity index (χ0v) is 18.3. The minimum absolute atomic E-state index is 0.00871. The fourth-order valence-corrected chi connectivity index (χ4v) is 9.71. The van der Waals surface area contributed by atoms with Gasteiger partial charge in [-0.2, -0.15) is 0 Å². The minimum Gasteiger partial charge on any atom is -0.317 e. The predicted molar refractivity (Wildman–Crippen MR) is 110 cm³/mol. The molecule has 150 valence electrons. The number of nitrogens with one attached hydrogen (secondary N) is 1. The van der Waals surface area contributed by atoms with E-state index in [1.807, 2.05) is 6.08 Å². The summed E-state index contributed by atoms with van der Waals surface area (Å²) in [5.74, 6) is 2.58. The summed E-state index contributed by atoms with van der Waals surface area (Å²) in [6.45, 7) is 12.4. The fourth-order valence-electron chi connectivity index (χ4n) is 9.71. The molecule has 2 heteroatoms. The van der Waals surface area contributed by atoms with Crippen molar-refractivity contribution in [3.63, 3.8) is 0 Å². The third kappa shape index (κ3) is 1.82. The number of ketones is 1. The van der Waals surface area contributed by atoms with E-state index in [-0.39, 0.29) is 10.8 Å². The van der Waals surface area contributed by atoms with Crippen LogP contribution in [-0.2, 0) is 4.79 Å². The molecule has 0 aromatic heterocycles. The molecule has 2 spiro atoms. The first-order valence-corrected chi connectivity index (χ1v) is 11.5. The van der Waals surface area contributed by atoms with Gasteiger partial charge in [-0.3, -0.25) is 4.79 Å². The van der Waals surface area contributed by atoms with E-state index in [1.54, 1.807) is 0 Å². The molecule has 0 bridgehead atoms. The Kier molecular flexibility index (Phi) is 3.47. The van der Waals surface area contributed by atoms with E-state index in [1.165, 1.54) is 44.9 Å². The first kappa shape index (κ1) is 18.4. The maximum atomic E-state index is 13.3. The number of hydrogen-bond donors (Lipinski definition) is 1. The zero-order valence-electron chi connectivity index (χ0n) is 18.3. The van der Waals surface area contributed by atoms with Gasteiger partial charge in [0.2, 0.25) is 0 Å². The summed E-state index contributed by atoms with van der Waals surface area (Å²) in [4.78, 5) is 13.3. The highest BCUT2D eigenvalue weighted by atomic mass is 16.1. The second-order valence-corrected chi connectivity index (χ2v) is 12.1. The molecule has 27 heavy (non-hydrogen) atoms. The van der Waals surface area contributed by atoms with Crippen LogP contribution in [0.25, 0.3) is 0 Å². The van der Waals surface area contributed by atoms with E-state index >= 15 is 0 Å². The van der Waals surface area contributed by atoms with Gasteiger partial charge in [-0.25, -0.2) is 0 Å². The Bertz CT molecular complexity index is 724. The molecule has 5 aliphatic rings. The van der Waals surface area contributed by atoms with Gasteiger partial charge in [0.1, 0.15) is 0 Å². The Morgan fingerprint density at radius 2 is 1.70 bits per heavy atom. The molecule has 5 rings (SSSR count). The lowest BCUT2D eigenvalue weighted by molar-refractivity contribution is -0.148. The molecular weight excluding hydrogens is 330 g/mol. The van der Waals surface area contributed by atoms with Gasteiger partial charge >= 0.3 is 0 Å². The molecule has 8 unspecified atom stereocenters. The average molecular weight is 370 g/mol. The van der Waals surface area contributed by atoms with Gasteiger partial charge in [-0.05, 0) is 104 Å². The molecule has 0 aromatic rings. The Morgan fingerprint density at radius 1 is 1.00 bits per heavy atom. The van der Waals surface area contributed by atoms with Crippen molar-refractivity contribution in [2.24, 2.45) is 44.8 Å². The largest absolute Gasteiger partial charge is 0.317 e. The third-order valence-corrected chi connectivity index (χ3v) is 11.4. The van der Waals surface area contributed by atoms with Crippen molar-refractivity contribution in [3.8, 4) is 0 Å². The van der Waals surface area contributed by atoms with Crippen molar-refractivity contribution in [1.29, 1.82) is 0 Å². The lowest BCUT2D eigenvalue weighted by Crippen LogP contribution is -2.57. The second kappa shape index (κ2) is 5.10. The van der Waals surface area contributed by atoms with Crippen LogP contribution in [0, 0.1) is 44.8 Å². The highest BCUT2D eigenvalue weighted by Gasteiger charge is 2.83. The molecule has 0 radical (unpaired) electrons. The lowest BCUT2D eigenvalue weighted by atomic mass is 9.42. The van der Waals surface area contributed by atoms with E-state index in [2.05, 4.69) is 53.1 Å². The fraction of sp³-hybridized carbons (Fsp3) is 0.880. The second-order valence-electron chi connectivity index (χ2n) is 12.1. The van der Waals surface area contributed by atoms with Crippen LogP contribution in [-0.4, -0.2) is 18.9 Å². The van der Waals surface area contributed by atoms with Crippen molar-refractivity contribution in [3.05, 3.63) is 12.2 Å². The molecule has 4 fully saturated rings. The van der Waals surface area contributed by atoms with Gasteiger partial charge in [0.05, 0.1) is 0 Å². The normalized spacial score (nSPS) is 55.9. The van der Waals surface area contributed by atoms with Gasteiger partial charge < -0.3 is 5.32 Å². The van der Waals surface area contributed by atoms with Gasteiger partial charge in [0.25, 0.3) is 0 Å². The summed E-state index contributed by atoms with van der Waals surface area (Å²) < 4.78 is 0. The van der Waals surface area contributed by atoms with E-state index in [9.17, 15) is 4.79 Å². The van der Waals surface area contributed by atoms with Crippen LogP contribution in [0.2, 0.25) is 0 Å². The average Bonchev–Trinajstić information content (AvgIpc) is 3.23. The Labute approximate surface area is 165 Å². The van der Waals surface area contributed by atoms with Crippen LogP contribution < -0.4 is 5.32 Å². The summed E-state index contributed by atoms with van der Waals surface area (Å²) in [7, 11) is 2.13. The van der Waals surface area contributed by atoms with E-state index in [4.69, 9.17) is 0 Å². The van der Waals surface area contributed by atoms with Crippen molar-refractivity contribution in [2.75, 3.05) is 7.05 Å². The Hall–Kier alpha value is -0.630. The molecule has 0 saturated heterocycles. The van der Waals surface area contributed by atoms with Crippen molar-refractivity contribution in [1.82, 2.24) is 5.32 Å². The highest BCUT2D eigenvalue weighted by Crippen LogP contribution is 2.87. The topological polar surface area (TPSA) is 29.1 Å². The summed E-state index contributed by atoms with van der Waals surface area (Å²) in [6, 6.07) is 0.591. The van der Waals surface area contributed by atoms with Crippen LogP contribution >= 0.6 is 0 Å².